The van der Waals surface area contributed by atoms with Crippen LogP contribution >= 0.6 is 0 Å². The van der Waals surface area contributed by atoms with Gasteiger partial charge in [0.05, 0.1) is 6.54 Å². The Kier molecular flexibility index (Phi) is 4.52. The Bertz CT molecular complexity index is 486. The van der Waals surface area contributed by atoms with Crippen molar-refractivity contribution in [3.05, 3.63) is 34.9 Å². The lowest BCUT2D eigenvalue weighted by Crippen LogP contribution is -2.37. The minimum absolute atomic E-state index is 0.0224. The molecule has 1 aliphatic rings. The van der Waals surface area contributed by atoms with Crippen LogP contribution in [-0.4, -0.2) is 31.4 Å². The molecule has 1 aliphatic heterocycles. The summed E-state index contributed by atoms with van der Waals surface area (Å²) < 4.78 is 0. The van der Waals surface area contributed by atoms with E-state index in [0.717, 1.165) is 30.6 Å². The van der Waals surface area contributed by atoms with Crippen molar-refractivity contribution in [1.82, 2.24) is 16.0 Å². The molecule has 5 nitrogen and oxygen atoms in total. The maximum Gasteiger partial charge on any atom is 0.252 e. The summed E-state index contributed by atoms with van der Waals surface area (Å²) in [5.41, 5.74) is 2.94. The van der Waals surface area contributed by atoms with Crippen LogP contribution in [0.4, 0.5) is 0 Å². The van der Waals surface area contributed by atoms with Gasteiger partial charge in [0.25, 0.3) is 5.91 Å². The standard InChI is InChI=1S/C14H19N3O2/c1-2-16-13(18)9-17-14(19)12-5-3-4-10-8-15-7-6-11(10)12/h3-5,15H,2,6-9H2,1H3,(H,16,18)(H,17,19). The highest BCUT2D eigenvalue weighted by molar-refractivity contribution is 5.98. The van der Waals surface area contributed by atoms with Crippen molar-refractivity contribution in [1.29, 1.82) is 0 Å². The largest absolute Gasteiger partial charge is 0.355 e. The number of benzene rings is 1. The van der Waals surface area contributed by atoms with E-state index >= 15 is 0 Å². The fraction of sp³-hybridized carbons (Fsp3) is 0.429. The van der Waals surface area contributed by atoms with E-state index in [4.69, 9.17) is 0 Å². The first-order chi connectivity index (χ1) is 9.22. The maximum atomic E-state index is 12.1. The Morgan fingerprint density at radius 2 is 2.16 bits per heavy atom. The fourth-order valence-electron chi connectivity index (χ4n) is 2.26. The Labute approximate surface area is 112 Å². The third kappa shape index (κ3) is 3.32. The molecule has 0 radical (unpaired) electrons. The summed E-state index contributed by atoms with van der Waals surface area (Å²) in [7, 11) is 0. The molecule has 0 aliphatic carbocycles. The smallest absolute Gasteiger partial charge is 0.252 e. The van der Waals surface area contributed by atoms with Crippen molar-refractivity contribution in [2.75, 3.05) is 19.6 Å². The lowest BCUT2D eigenvalue weighted by atomic mass is 9.95. The average molecular weight is 261 g/mol. The second kappa shape index (κ2) is 6.33. The molecule has 0 saturated heterocycles. The lowest BCUT2D eigenvalue weighted by Gasteiger charge is -2.19. The minimum Gasteiger partial charge on any atom is -0.355 e. The maximum absolute atomic E-state index is 12.1. The van der Waals surface area contributed by atoms with Gasteiger partial charge < -0.3 is 16.0 Å². The van der Waals surface area contributed by atoms with Crippen molar-refractivity contribution in [2.45, 2.75) is 19.9 Å². The summed E-state index contributed by atoms with van der Waals surface area (Å²) in [5.74, 6) is -0.340. The number of carbonyl (C=O) groups excluding carboxylic acids is 2. The number of nitrogens with one attached hydrogen (secondary N) is 3. The predicted molar refractivity (Wildman–Crippen MR) is 72.9 cm³/mol. The van der Waals surface area contributed by atoms with Crippen LogP contribution < -0.4 is 16.0 Å². The molecule has 0 fully saturated rings. The molecule has 1 aromatic rings. The Balaban J connectivity index is 2.05. The van der Waals surface area contributed by atoms with Crippen LogP contribution in [-0.2, 0) is 17.8 Å². The van der Waals surface area contributed by atoms with Crippen molar-refractivity contribution < 1.29 is 9.59 Å². The van der Waals surface area contributed by atoms with Gasteiger partial charge in [-0.1, -0.05) is 12.1 Å². The summed E-state index contributed by atoms with van der Waals surface area (Å²) in [5, 5.41) is 8.59. The molecule has 2 amide bonds. The van der Waals surface area contributed by atoms with Gasteiger partial charge in [0.1, 0.15) is 0 Å². The third-order valence-electron chi connectivity index (χ3n) is 3.17. The van der Waals surface area contributed by atoms with Crippen molar-refractivity contribution in [3.8, 4) is 0 Å². The van der Waals surface area contributed by atoms with E-state index in [1.54, 1.807) is 0 Å². The van der Waals surface area contributed by atoms with Gasteiger partial charge in [0.2, 0.25) is 5.91 Å². The zero-order valence-electron chi connectivity index (χ0n) is 11.1. The molecular weight excluding hydrogens is 242 g/mol. The van der Waals surface area contributed by atoms with Gasteiger partial charge in [-0.15, -0.1) is 0 Å². The molecule has 19 heavy (non-hydrogen) atoms. The van der Waals surface area contributed by atoms with E-state index in [1.165, 1.54) is 0 Å². The molecule has 0 saturated carbocycles. The van der Waals surface area contributed by atoms with E-state index in [9.17, 15) is 9.59 Å². The molecule has 1 heterocycles. The number of carbonyl (C=O) groups is 2. The van der Waals surface area contributed by atoms with Crippen LogP contribution in [0, 0.1) is 0 Å². The molecule has 2 rings (SSSR count). The highest BCUT2D eigenvalue weighted by atomic mass is 16.2. The molecular formula is C14H19N3O2. The summed E-state index contributed by atoms with van der Waals surface area (Å²) in [4.78, 5) is 23.4. The number of fused-ring (bicyclic) bond motifs is 1. The van der Waals surface area contributed by atoms with E-state index in [0.29, 0.717) is 12.1 Å². The number of hydrogen-bond acceptors (Lipinski definition) is 3. The van der Waals surface area contributed by atoms with E-state index in [2.05, 4.69) is 16.0 Å². The number of rotatable bonds is 4. The number of amides is 2. The SMILES string of the molecule is CCNC(=O)CNC(=O)c1cccc2c1CCNC2. The monoisotopic (exact) mass is 261 g/mol. The van der Waals surface area contributed by atoms with E-state index in [-0.39, 0.29) is 18.4 Å². The van der Waals surface area contributed by atoms with Crippen LogP contribution in [0.1, 0.15) is 28.4 Å². The Morgan fingerprint density at radius 1 is 1.32 bits per heavy atom. The van der Waals surface area contributed by atoms with E-state index in [1.807, 2.05) is 25.1 Å². The molecule has 0 bridgehead atoms. The molecule has 0 aromatic heterocycles. The second-order valence-electron chi connectivity index (χ2n) is 4.51. The first-order valence-electron chi connectivity index (χ1n) is 6.58. The van der Waals surface area contributed by atoms with Gasteiger partial charge in [-0.25, -0.2) is 0 Å². The molecule has 0 atom stereocenters. The molecule has 3 N–H and O–H groups in total. The van der Waals surface area contributed by atoms with Crippen LogP contribution in [0.25, 0.3) is 0 Å². The van der Waals surface area contributed by atoms with Crippen LogP contribution in [0.5, 0.6) is 0 Å². The zero-order valence-corrected chi connectivity index (χ0v) is 11.1. The van der Waals surface area contributed by atoms with Crippen molar-refractivity contribution in [3.63, 3.8) is 0 Å². The lowest BCUT2D eigenvalue weighted by molar-refractivity contribution is -0.120. The first-order valence-corrected chi connectivity index (χ1v) is 6.58. The highest BCUT2D eigenvalue weighted by Crippen LogP contribution is 2.18. The Hall–Kier alpha value is -1.88. The van der Waals surface area contributed by atoms with Gasteiger partial charge in [0.15, 0.2) is 0 Å². The fourth-order valence-corrected chi connectivity index (χ4v) is 2.26. The highest BCUT2D eigenvalue weighted by Gasteiger charge is 2.17. The predicted octanol–water partition coefficient (Wildman–Crippen LogP) is 0.198. The van der Waals surface area contributed by atoms with E-state index < -0.39 is 0 Å². The summed E-state index contributed by atoms with van der Waals surface area (Å²) in [6.45, 7) is 4.12. The minimum atomic E-state index is -0.176. The van der Waals surface area contributed by atoms with Gasteiger partial charge in [-0.2, -0.15) is 0 Å². The first kappa shape index (κ1) is 13.5. The molecule has 1 aromatic carbocycles. The molecule has 102 valence electrons. The van der Waals surface area contributed by atoms with Crippen LogP contribution in [0.3, 0.4) is 0 Å². The Morgan fingerprint density at radius 3 is 2.95 bits per heavy atom. The third-order valence-corrected chi connectivity index (χ3v) is 3.17. The second-order valence-corrected chi connectivity index (χ2v) is 4.51. The number of likely N-dealkylation sites (N-methyl/N-ethyl adjacent to an activating group) is 1. The quantitative estimate of drug-likeness (QED) is 0.725. The average Bonchev–Trinajstić information content (AvgIpc) is 2.44. The van der Waals surface area contributed by atoms with Crippen molar-refractivity contribution >= 4 is 11.8 Å². The van der Waals surface area contributed by atoms with Gasteiger partial charge in [-0.05, 0) is 37.1 Å². The van der Waals surface area contributed by atoms with Crippen LogP contribution in [0.15, 0.2) is 18.2 Å². The van der Waals surface area contributed by atoms with Gasteiger partial charge >= 0.3 is 0 Å². The van der Waals surface area contributed by atoms with Crippen LogP contribution in [0.2, 0.25) is 0 Å². The molecule has 0 unspecified atom stereocenters. The topological polar surface area (TPSA) is 70.2 Å². The summed E-state index contributed by atoms with van der Waals surface area (Å²) in [6.07, 6.45) is 0.847. The molecule has 5 heteroatoms. The normalized spacial score (nSPS) is 13.5. The van der Waals surface area contributed by atoms with Gasteiger partial charge in [-0.3, -0.25) is 9.59 Å². The van der Waals surface area contributed by atoms with Gasteiger partial charge in [0, 0.05) is 18.7 Å². The molecule has 0 spiro atoms. The number of hydrogen-bond donors (Lipinski definition) is 3. The summed E-state index contributed by atoms with van der Waals surface area (Å²) >= 11 is 0. The van der Waals surface area contributed by atoms with Crippen molar-refractivity contribution in [2.24, 2.45) is 0 Å². The summed E-state index contributed by atoms with van der Waals surface area (Å²) in [6, 6.07) is 5.73. The zero-order chi connectivity index (χ0) is 13.7.